The summed E-state index contributed by atoms with van der Waals surface area (Å²) in [6, 6.07) is 10.9. The summed E-state index contributed by atoms with van der Waals surface area (Å²) in [5.41, 5.74) is -0.336. The quantitative estimate of drug-likeness (QED) is 0.404. The molecule has 0 aromatic heterocycles. The van der Waals surface area contributed by atoms with Crippen LogP contribution in [-0.2, 0) is 14.3 Å². The highest BCUT2D eigenvalue weighted by atomic mass is 16.6. The lowest BCUT2D eigenvalue weighted by atomic mass is 10.1. The van der Waals surface area contributed by atoms with Crippen LogP contribution >= 0.6 is 0 Å². The van der Waals surface area contributed by atoms with Gasteiger partial charge in [-0.15, -0.1) is 0 Å². The van der Waals surface area contributed by atoms with Crippen molar-refractivity contribution in [3.05, 3.63) is 63.7 Å². The number of carbonyl (C=O) groups excluding carboxylic acids is 2. The molecule has 1 unspecified atom stereocenters. The third kappa shape index (κ3) is 4.43. The van der Waals surface area contributed by atoms with Gasteiger partial charge in [-0.2, -0.15) is 0 Å². The summed E-state index contributed by atoms with van der Waals surface area (Å²) in [7, 11) is 0. The van der Waals surface area contributed by atoms with E-state index in [1.54, 1.807) is 35.2 Å². The summed E-state index contributed by atoms with van der Waals surface area (Å²) in [5, 5.41) is 11.6. The number of carbonyl (C=O) groups is 2. The zero-order valence-corrected chi connectivity index (χ0v) is 16.5. The van der Waals surface area contributed by atoms with Crippen LogP contribution in [0.3, 0.4) is 0 Å². The Bertz CT molecular complexity index is 988. The number of esters is 1. The monoisotopic (exact) mass is 428 g/mol. The largest absolute Gasteiger partial charge is 0.486 e. The summed E-state index contributed by atoms with van der Waals surface area (Å²) in [4.78, 5) is 38.6. The van der Waals surface area contributed by atoms with E-state index in [9.17, 15) is 19.7 Å². The van der Waals surface area contributed by atoms with Gasteiger partial charge in [-0.05, 0) is 0 Å². The predicted octanol–water partition coefficient (Wildman–Crippen LogP) is 2.12. The van der Waals surface area contributed by atoms with Gasteiger partial charge in [0.15, 0.2) is 11.5 Å². The summed E-state index contributed by atoms with van der Waals surface area (Å²) < 4.78 is 21.6. The third-order valence-corrected chi connectivity index (χ3v) is 4.95. The summed E-state index contributed by atoms with van der Waals surface area (Å²) in [6.07, 6.45) is -1.25. The van der Waals surface area contributed by atoms with E-state index in [0.29, 0.717) is 31.9 Å². The topological polar surface area (TPSA) is 117 Å². The van der Waals surface area contributed by atoms with Crippen molar-refractivity contribution < 1.29 is 33.5 Å². The lowest BCUT2D eigenvalue weighted by Crippen LogP contribution is -2.44. The zero-order chi connectivity index (χ0) is 21.8. The summed E-state index contributed by atoms with van der Waals surface area (Å²) in [6.45, 7) is 2.00. The van der Waals surface area contributed by atoms with Gasteiger partial charge >= 0.3 is 5.97 Å². The highest BCUT2D eigenvalue weighted by Gasteiger charge is 2.34. The lowest BCUT2D eigenvalue weighted by molar-refractivity contribution is -0.385. The van der Waals surface area contributed by atoms with Crippen LogP contribution in [-0.4, -0.2) is 61.2 Å². The van der Waals surface area contributed by atoms with E-state index in [1.807, 2.05) is 0 Å². The van der Waals surface area contributed by atoms with E-state index < -0.39 is 28.6 Å². The van der Waals surface area contributed by atoms with Gasteiger partial charge in [0, 0.05) is 24.7 Å². The number of fused-ring (bicyclic) bond motifs is 1. The van der Waals surface area contributed by atoms with E-state index in [0.717, 1.165) is 6.07 Å². The molecule has 2 aliphatic rings. The second-order valence-corrected chi connectivity index (χ2v) is 6.90. The Kier molecular flexibility index (Phi) is 5.99. The first-order valence-corrected chi connectivity index (χ1v) is 9.75. The van der Waals surface area contributed by atoms with E-state index in [2.05, 4.69) is 0 Å². The molecule has 10 nitrogen and oxygen atoms in total. The van der Waals surface area contributed by atoms with Crippen molar-refractivity contribution in [2.24, 2.45) is 0 Å². The molecule has 31 heavy (non-hydrogen) atoms. The average molecular weight is 428 g/mol. The molecule has 0 bridgehead atoms. The number of rotatable bonds is 5. The molecule has 1 saturated heterocycles. The molecule has 1 amide bonds. The number of amides is 1. The molecule has 0 saturated carbocycles. The fourth-order valence-electron chi connectivity index (χ4n) is 3.40. The SMILES string of the molecule is O=C(OC(C(=O)N1CCOCC1)c1ccccc1)c1cc2c(cc1[N+](=O)[O-])OCCO2. The molecule has 2 heterocycles. The Balaban J connectivity index is 1.66. The fourth-order valence-corrected chi connectivity index (χ4v) is 3.40. The Labute approximate surface area is 177 Å². The normalized spacial score (nSPS) is 16.3. The van der Waals surface area contributed by atoms with Crippen molar-refractivity contribution in [3.63, 3.8) is 0 Å². The first kappa shape index (κ1) is 20.6. The molecule has 0 spiro atoms. The number of nitro groups is 1. The minimum Gasteiger partial charge on any atom is -0.486 e. The highest BCUT2D eigenvalue weighted by molar-refractivity contribution is 5.97. The van der Waals surface area contributed by atoms with Crippen LogP contribution in [0.5, 0.6) is 11.5 Å². The Morgan fingerprint density at radius 1 is 1.00 bits per heavy atom. The molecular formula is C21H20N2O8. The van der Waals surface area contributed by atoms with Crippen LogP contribution in [0.15, 0.2) is 42.5 Å². The summed E-state index contributed by atoms with van der Waals surface area (Å²) >= 11 is 0. The van der Waals surface area contributed by atoms with E-state index >= 15 is 0 Å². The summed E-state index contributed by atoms with van der Waals surface area (Å²) in [5.74, 6) is -1.03. The standard InChI is InChI=1S/C21H20N2O8/c24-20(22-6-8-28-9-7-22)19(14-4-2-1-3-5-14)31-21(25)15-12-17-18(30-11-10-29-17)13-16(15)23(26)27/h1-5,12-13,19H,6-11H2. The number of benzene rings is 2. The van der Waals surface area contributed by atoms with Crippen molar-refractivity contribution in [2.45, 2.75) is 6.10 Å². The maximum Gasteiger partial charge on any atom is 0.346 e. The van der Waals surface area contributed by atoms with Crippen molar-refractivity contribution in [1.82, 2.24) is 4.90 Å². The number of nitro benzene ring substituents is 1. The minimum atomic E-state index is -1.25. The van der Waals surface area contributed by atoms with Gasteiger partial charge in [0.05, 0.1) is 24.2 Å². The highest BCUT2D eigenvalue weighted by Crippen LogP contribution is 2.37. The second kappa shape index (κ2) is 9.00. The van der Waals surface area contributed by atoms with Gasteiger partial charge in [-0.3, -0.25) is 14.9 Å². The Morgan fingerprint density at radius 2 is 1.65 bits per heavy atom. The molecule has 4 rings (SSSR count). The van der Waals surface area contributed by atoms with Crippen LogP contribution in [0.4, 0.5) is 5.69 Å². The molecule has 1 atom stereocenters. The molecular weight excluding hydrogens is 408 g/mol. The Hall–Kier alpha value is -3.66. The van der Waals surface area contributed by atoms with E-state index in [4.69, 9.17) is 18.9 Å². The minimum absolute atomic E-state index is 0.179. The Morgan fingerprint density at radius 3 is 2.29 bits per heavy atom. The maximum atomic E-state index is 13.1. The molecule has 2 aromatic rings. The molecule has 10 heteroatoms. The van der Waals surface area contributed by atoms with Crippen LogP contribution in [0.1, 0.15) is 22.0 Å². The van der Waals surface area contributed by atoms with Gasteiger partial charge < -0.3 is 23.8 Å². The number of hydrogen-bond acceptors (Lipinski definition) is 8. The average Bonchev–Trinajstić information content (AvgIpc) is 2.82. The first-order chi connectivity index (χ1) is 15.0. The van der Waals surface area contributed by atoms with Gasteiger partial charge in [0.1, 0.15) is 18.8 Å². The van der Waals surface area contributed by atoms with Crippen molar-refractivity contribution in [2.75, 3.05) is 39.5 Å². The van der Waals surface area contributed by atoms with E-state index in [-0.39, 0.29) is 30.3 Å². The van der Waals surface area contributed by atoms with Gasteiger partial charge in [-0.1, -0.05) is 30.3 Å². The van der Waals surface area contributed by atoms with Crippen LogP contribution in [0, 0.1) is 10.1 Å². The third-order valence-electron chi connectivity index (χ3n) is 4.95. The van der Waals surface area contributed by atoms with E-state index in [1.165, 1.54) is 6.07 Å². The van der Waals surface area contributed by atoms with Crippen molar-refractivity contribution in [1.29, 1.82) is 0 Å². The van der Waals surface area contributed by atoms with Crippen LogP contribution in [0.25, 0.3) is 0 Å². The maximum absolute atomic E-state index is 13.1. The van der Waals surface area contributed by atoms with Gasteiger partial charge in [0.25, 0.3) is 11.6 Å². The number of morpholine rings is 1. The van der Waals surface area contributed by atoms with Gasteiger partial charge in [0.2, 0.25) is 6.10 Å². The first-order valence-electron chi connectivity index (χ1n) is 9.75. The number of nitrogens with zero attached hydrogens (tertiary/aromatic N) is 2. The predicted molar refractivity (Wildman–Crippen MR) is 106 cm³/mol. The van der Waals surface area contributed by atoms with Crippen molar-refractivity contribution >= 4 is 17.6 Å². The fraction of sp³-hybridized carbons (Fsp3) is 0.333. The molecule has 0 N–H and O–H groups in total. The molecule has 0 aliphatic carbocycles. The molecule has 0 radical (unpaired) electrons. The molecule has 2 aromatic carbocycles. The van der Waals surface area contributed by atoms with Crippen molar-refractivity contribution in [3.8, 4) is 11.5 Å². The smallest absolute Gasteiger partial charge is 0.346 e. The lowest BCUT2D eigenvalue weighted by Gasteiger charge is -2.30. The molecule has 1 fully saturated rings. The number of hydrogen-bond donors (Lipinski definition) is 0. The van der Waals surface area contributed by atoms with Gasteiger partial charge in [-0.25, -0.2) is 4.79 Å². The molecule has 162 valence electrons. The zero-order valence-electron chi connectivity index (χ0n) is 16.5. The van der Waals surface area contributed by atoms with Crippen LogP contribution in [0.2, 0.25) is 0 Å². The number of ether oxygens (including phenoxy) is 4. The van der Waals surface area contributed by atoms with Crippen LogP contribution < -0.4 is 9.47 Å². The molecule has 2 aliphatic heterocycles. The second-order valence-electron chi connectivity index (χ2n) is 6.90.